The first-order valence-corrected chi connectivity index (χ1v) is 8.68. The second kappa shape index (κ2) is 8.02. The molecule has 2 rings (SSSR count). The molecule has 2 fully saturated rings. The van der Waals surface area contributed by atoms with Gasteiger partial charge in [0.2, 0.25) is 5.91 Å². The van der Waals surface area contributed by atoms with E-state index in [0.717, 1.165) is 11.8 Å². The summed E-state index contributed by atoms with van der Waals surface area (Å²) in [5, 5.41) is 6.68. The summed E-state index contributed by atoms with van der Waals surface area (Å²) in [4.78, 5) is 12.0. The van der Waals surface area contributed by atoms with Gasteiger partial charge >= 0.3 is 0 Å². The van der Waals surface area contributed by atoms with E-state index in [9.17, 15) is 4.79 Å². The number of nitrogens with one attached hydrogen (secondary N) is 2. The van der Waals surface area contributed by atoms with Crippen LogP contribution < -0.4 is 10.6 Å². The molecule has 3 heteroatoms. The van der Waals surface area contributed by atoms with Gasteiger partial charge in [0.1, 0.15) is 0 Å². The van der Waals surface area contributed by atoms with Crippen molar-refractivity contribution in [2.45, 2.75) is 83.7 Å². The van der Waals surface area contributed by atoms with Crippen LogP contribution in [0.3, 0.4) is 0 Å². The highest BCUT2D eigenvalue weighted by molar-refractivity contribution is 5.78. The van der Waals surface area contributed by atoms with Gasteiger partial charge in [-0.3, -0.25) is 4.79 Å². The fourth-order valence-corrected chi connectivity index (χ4v) is 3.67. The van der Waals surface area contributed by atoms with Crippen LogP contribution in [0.1, 0.15) is 71.6 Å². The minimum Gasteiger partial charge on any atom is -0.352 e. The van der Waals surface area contributed by atoms with Crippen molar-refractivity contribution in [3.05, 3.63) is 0 Å². The Hall–Kier alpha value is -0.570. The third-order valence-electron chi connectivity index (χ3n) is 5.37. The third-order valence-corrected chi connectivity index (χ3v) is 5.37. The average Bonchev–Trinajstić information content (AvgIpc) is 2.69. The predicted octanol–water partition coefficient (Wildman–Crippen LogP) is 3.24. The molecule has 0 aliphatic heterocycles. The normalized spacial score (nSPS) is 32.6. The van der Waals surface area contributed by atoms with Crippen LogP contribution in [0, 0.1) is 11.8 Å². The van der Waals surface area contributed by atoms with Gasteiger partial charge in [-0.2, -0.15) is 0 Å². The highest BCUT2D eigenvalue weighted by atomic mass is 16.1. The van der Waals surface area contributed by atoms with Gasteiger partial charge in [-0.15, -0.1) is 0 Å². The Morgan fingerprint density at radius 2 is 1.60 bits per heavy atom. The molecular weight excluding hydrogens is 248 g/mol. The summed E-state index contributed by atoms with van der Waals surface area (Å²) in [6, 6.07) is 0.971. The third kappa shape index (κ3) is 5.08. The maximum Gasteiger partial charge on any atom is 0.234 e. The lowest BCUT2D eigenvalue weighted by Crippen LogP contribution is -2.44. The van der Waals surface area contributed by atoms with E-state index in [0.29, 0.717) is 18.6 Å². The van der Waals surface area contributed by atoms with E-state index in [4.69, 9.17) is 0 Å². The molecule has 0 aromatic carbocycles. The van der Waals surface area contributed by atoms with Crippen molar-refractivity contribution in [1.82, 2.24) is 10.6 Å². The number of carbonyl (C=O) groups is 1. The van der Waals surface area contributed by atoms with Gasteiger partial charge in [-0.1, -0.05) is 39.5 Å². The highest BCUT2D eigenvalue weighted by Crippen LogP contribution is 2.29. The van der Waals surface area contributed by atoms with E-state index in [2.05, 4.69) is 24.5 Å². The van der Waals surface area contributed by atoms with Crippen molar-refractivity contribution in [2.75, 3.05) is 6.54 Å². The van der Waals surface area contributed by atoms with E-state index >= 15 is 0 Å². The second-order valence-electron chi connectivity index (χ2n) is 7.10. The number of carbonyl (C=O) groups excluding carboxylic acids is 1. The highest BCUT2D eigenvalue weighted by Gasteiger charge is 2.24. The molecule has 3 nitrogen and oxygen atoms in total. The van der Waals surface area contributed by atoms with E-state index in [-0.39, 0.29) is 5.91 Å². The SMILES string of the molecule is CC1CCC(NCC(=O)NC2CCCCCC2)CC1C. The number of hydrogen-bond donors (Lipinski definition) is 2. The van der Waals surface area contributed by atoms with Crippen LogP contribution in [-0.2, 0) is 4.79 Å². The lowest BCUT2D eigenvalue weighted by molar-refractivity contribution is -0.121. The smallest absolute Gasteiger partial charge is 0.234 e. The lowest BCUT2D eigenvalue weighted by Gasteiger charge is -2.32. The molecule has 3 unspecified atom stereocenters. The second-order valence-corrected chi connectivity index (χ2v) is 7.10. The van der Waals surface area contributed by atoms with E-state index in [1.807, 2.05) is 0 Å². The Morgan fingerprint density at radius 1 is 0.900 bits per heavy atom. The van der Waals surface area contributed by atoms with E-state index in [1.165, 1.54) is 57.8 Å². The largest absolute Gasteiger partial charge is 0.352 e. The molecule has 2 aliphatic carbocycles. The van der Waals surface area contributed by atoms with Gasteiger partial charge < -0.3 is 10.6 Å². The Kier molecular flexibility index (Phi) is 6.34. The quantitative estimate of drug-likeness (QED) is 0.776. The van der Waals surface area contributed by atoms with Gasteiger partial charge in [0.25, 0.3) is 0 Å². The first-order chi connectivity index (χ1) is 9.65. The molecule has 116 valence electrons. The van der Waals surface area contributed by atoms with Crippen molar-refractivity contribution in [3.8, 4) is 0 Å². The van der Waals surface area contributed by atoms with Gasteiger partial charge in [-0.05, 0) is 43.9 Å². The zero-order valence-corrected chi connectivity index (χ0v) is 13.3. The van der Waals surface area contributed by atoms with E-state index < -0.39 is 0 Å². The number of amides is 1. The number of rotatable bonds is 4. The van der Waals surface area contributed by atoms with Crippen LogP contribution in [0.5, 0.6) is 0 Å². The fraction of sp³-hybridized carbons (Fsp3) is 0.941. The van der Waals surface area contributed by atoms with Crippen molar-refractivity contribution < 1.29 is 4.79 Å². The molecular formula is C17H32N2O. The molecule has 0 spiro atoms. The monoisotopic (exact) mass is 280 g/mol. The molecule has 0 aromatic rings. The summed E-state index contributed by atoms with van der Waals surface area (Å²) in [7, 11) is 0. The first-order valence-electron chi connectivity index (χ1n) is 8.68. The summed E-state index contributed by atoms with van der Waals surface area (Å²) < 4.78 is 0. The van der Waals surface area contributed by atoms with Gasteiger partial charge in [0, 0.05) is 12.1 Å². The van der Waals surface area contributed by atoms with Gasteiger partial charge in [0.05, 0.1) is 6.54 Å². The minimum absolute atomic E-state index is 0.197. The maximum atomic E-state index is 12.0. The molecule has 20 heavy (non-hydrogen) atoms. The Bertz CT molecular complexity index is 297. The van der Waals surface area contributed by atoms with Crippen molar-refractivity contribution in [1.29, 1.82) is 0 Å². The Labute approximate surface area is 124 Å². The zero-order valence-electron chi connectivity index (χ0n) is 13.3. The maximum absolute atomic E-state index is 12.0. The molecule has 2 N–H and O–H groups in total. The summed E-state index contributed by atoms with van der Waals surface area (Å²) in [5.41, 5.74) is 0. The molecule has 0 bridgehead atoms. The van der Waals surface area contributed by atoms with Crippen LogP contribution in [0.2, 0.25) is 0 Å². The van der Waals surface area contributed by atoms with Crippen LogP contribution in [-0.4, -0.2) is 24.5 Å². The van der Waals surface area contributed by atoms with Crippen LogP contribution in [0.15, 0.2) is 0 Å². The molecule has 0 heterocycles. The average molecular weight is 280 g/mol. The zero-order chi connectivity index (χ0) is 14.4. The Morgan fingerprint density at radius 3 is 2.25 bits per heavy atom. The Balaban J connectivity index is 1.64. The van der Waals surface area contributed by atoms with Crippen LogP contribution >= 0.6 is 0 Å². The topological polar surface area (TPSA) is 41.1 Å². The molecule has 3 atom stereocenters. The van der Waals surface area contributed by atoms with Crippen LogP contribution in [0.25, 0.3) is 0 Å². The molecule has 2 saturated carbocycles. The van der Waals surface area contributed by atoms with Gasteiger partial charge in [0.15, 0.2) is 0 Å². The van der Waals surface area contributed by atoms with Gasteiger partial charge in [-0.25, -0.2) is 0 Å². The first kappa shape index (κ1) is 15.8. The van der Waals surface area contributed by atoms with Crippen molar-refractivity contribution in [2.24, 2.45) is 11.8 Å². The minimum atomic E-state index is 0.197. The molecule has 0 saturated heterocycles. The summed E-state index contributed by atoms with van der Waals surface area (Å²) >= 11 is 0. The fourth-order valence-electron chi connectivity index (χ4n) is 3.67. The lowest BCUT2D eigenvalue weighted by atomic mass is 9.79. The number of hydrogen-bond acceptors (Lipinski definition) is 2. The molecule has 0 aromatic heterocycles. The molecule has 0 radical (unpaired) electrons. The van der Waals surface area contributed by atoms with Crippen molar-refractivity contribution >= 4 is 5.91 Å². The predicted molar refractivity (Wildman–Crippen MR) is 83.6 cm³/mol. The van der Waals surface area contributed by atoms with Crippen LogP contribution in [0.4, 0.5) is 0 Å². The molecule has 1 amide bonds. The summed E-state index contributed by atoms with van der Waals surface area (Å²) in [5.74, 6) is 1.82. The molecule has 2 aliphatic rings. The van der Waals surface area contributed by atoms with E-state index in [1.54, 1.807) is 0 Å². The van der Waals surface area contributed by atoms with Crippen molar-refractivity contribution in [3.63, 3.8) is 0 Å². The summed E-state index contributed by atoms with van der Waals surface area (Å²) in [6.07, 6.45) is 11.3. The summed E-state index contributed by atoms with van der Waals surface area (Å²) in [6.45, 7) is 5.19. The standard InChI is InChI=1S/C17H32N2O/c1-13-9-10-16(11-14(13)2)18-12-17(20)19-15-7-5-3-4-6-8-15/h13-16,18H,3-12H2,1-2H3,(H,19,20).